The predicted octanol–water partition coefficient (Wildman–Crippen LogP) is 0.940. The van der Waals surface area contributed by atoms with Crippen LogP contribution in [0.25, 0.3) is 0 Å². The van der Waals surface area contributed by atoms with E-state index < -0.39 is 0 Å². The quantitative estimate of drug-likeness (QED) is 0.822. The van der Waals surface area contributed by atoms with Gasteiger partial charge in [-0.2, -0.15) is 0 Å². The van der Waals surface area contributed by atoms with Crippen LogP contribution in [0.2, 0.25) is 5.02 Å². The summed E-state index contributed by atoms with van der Waals surface area (Å²) in [4.78, 5) is 15.5. The number of nitrogens with one attached hydrogen (secondary N) is 1. The van der Waals surface area contributed by atoms with E-state index >= 15 is 0 Å². The van der Waals surface area contributed by atoms with Crippen LogP contribution in [-0.2, 0) is 4.79 Å². The Hall–Kier alpha value is -1.52. The minimum atomic E-state index is 0.0419. The number of hydrogen-bond acceptors (Lipinski definition) is 2. The molecule has 1 aliphatic heterocycles. The summed E-state index contributed by atoms with van der Waals surface area (Å²) < 4.78 is 5.56. The van der Waals surface area contributed by atoms with Crippen molar-refractivity contribution in [1.29, 1.82) is 0 Å². The van der Waals surface area contributed by atoms with E-state index in [0.29, 0.717) is 10.8 Å². The molecule has 4 nitrogen and oxygen atoms in total. The molecule has 0 spiro atoms. The van der Waals surface area contributed by atoms with Crippen LogP contribution in [0.3, 0.4) is 0 Å². The summed E-state index contributed by atoms with van der Waals surface area (Å²) in [6.45, 7) is 10.2. The average Bonchev–Trinajstić information content (AvgIpc) is 2.49. The minimum absolute atomic E-state index is 0.0419. The third-order valence-electron chi connectivity index (χ3n) is 3.75. The summed E-state index contributed by atoms with van der Waals surface area (Å²) in [5, 5.41) is 0.704. The second-order valence-corrected chi connectivity index (χ2v) is 5.73. The standard InChI is InChI=1S/C16H21ClN2O2/c1-3-6-18-7-9-19(10-8-18)16(20)12-21-14-4-5-15(17)13(2)11-14/h3-5,11H,1,6-10,12H2,2H3/p+1. The summed E-state index contributed by atoms with van der Waals surface area (Å²) in [5.41, 5.74) is 0.947. The molecule has 21 heavy (non-hydrogen) atoms. The van der Waals surface area contributed by atoms with Crippen molar-refractivity contribution >= 4 is 17.5 Å². The fraction of sp³-hybridized carbons (Fsp3) is 0.438. The van der Waals surface area contributed by atoms with Gasteiger partial charge < -0.3 is 14.5 Å². The number of piperazine rings is 1. The first kappa shape index (κ1) is 15.9. The molecule has 2 rings (SSSR count). The summed E-state index contributed by atoms with van der Waals surface area (Å²) in [5.74, 6) is 0.724. The van der Waals surface area contributed by atoms with Gasteiger partial charge >= 0.3 is 0 Å². The van der Waals surface area contributed by atoms with Crippen LogP contribution in [0, 0.1) is 6.92 Å². The number of nitrogens with zero attached hydrogens (tertiary/aromatic N) is 1. The van der Waals surface area contributed by atoms with Gasteiger partial charge in [0.2, 0.25) is 0 Å². The number of rotatable bonds is 5. The Morgan fingerprint density at radius 3 is 2.81 bits per heavy atom. The number of benzene rings is 1. The molecule has 0 bridgehead atoms. The molecule has 0 aliphatic carbocycles. The second kappa shape index (κ2) is 7.48. The van der Waals surface area contributed by atoms with Crippen molar-refractivity contribution in [2.24, 2.45) is 0 Å². The van der Waals surface area contributed by atoms with Gasteiger partial charge in [0, 0.05) is 5.02 Å². The van der Waals surface area contributed by atoms with Crippen molar-refractivity contribution in [2.75, 3.05) is 39.3 Å². The van der Waals surface area contributed by atoms with Crippen LogP contribution < -0.4 is 9.64 Å². The molecule has 0 aromatic heterocycles. The van der Waals surface area contributed by atoms with Crippen molar-refractivity contribution in [1.82, 2.24) is 4.90 Å². The maximum atomic E-state index is 12.1. The maximum absolute atomic E-state index is 12.1. The van der Waals surface area contributed by atoms with Crippen molar-refractivity contribution in [3.05, 3.63) is 41.4 Å². The fourth-order valence-corrected chi connectivity index (χ4v) is 2.54. The molecule has 1 aromatic rings. The monoisotopic (exact) mass is 309 g/mol. The van der Waals surface area contributed by atoms with E-state index in [1.54, 1.807) is 12.1 Å². The first-order valence-electron chi connectivity index (χ1n) is 7.21. The van der Waals surface area contributed by atoms with E-state index in [1.165, 1.54) is 4.90 Å². The smallest absolute Gasteiger partial charge is 0.260 e. The molecule has 0 radical (unpaired) electrons. The van der Waals surface area contributed by atoms with Crippen LogP contribution in [0.4, 0.5) is 0 Å². The van der Waals surface area contributed by atoms with Gasteiger partial charge in [0.1, 0.15) is 5.75 Å². The van der Waals surface area contributed by atoms with Crippen molar-refractivity contribution in [3.63, 3.8) is 0 Å². The first-order chi connectivity index (χ1) is 10.1. The lowest BCUT2D eigenvalue weighted by Crippen LogP contribution is -3.14. The maximum Gasteiger partial charge on any atom is 0.260 e. The third kappa shape index (κ3) is 4.48. The number of aryl methyl sites for hydroxylation is 1. The van der Waals surface area contributed by atoms with E-state index in [4.69, 9.17) is 16.3 Å². The summed E-state index contributed by atoms with van der Waals surface area (Å²) in [6, 6.07) is 5.42. The molecular weight excluding hydrogens is 288 g/mol. The van der Waals surface area contributed by atoms with E-state index in [0.717, 1.165) is 38.3 Å². The van der Waals surface area contributed by atoms with Gasteiger partial charge in [-0.15, -0.1) is 0 Å². The number of quaternary nitrogens is 1. The number of carbonyl (C=O) groups is 1. The summed E-state index contributed by atoms with van der Waals surface area (Å²) in [7, 11) is 0. The molecule has 1 aliphatic rings. The van der Waals surface area contributed by atoms with Crippen LogP contribution in [0.5, 0.6) is 5.75 Å². The molecule has 1 amide bonds. The lowest BCUT2D eigenvalue weighted by Gasteiger charge is -2.31. The minimum Gasteiger partial charge on any atom is -0.484 e. The van der Waals surface area contributed by atoms with Gasteiger partial charge in [-0.25, -0.2) is 0 Å². The van der Waals surface area contributed by atoms with Gasteiger partial charge in [-0.05, 0) is 36.8 Å². The number of halogens is 1. The predicted molar refractivity (Wildman–Crippen MR) is 84.0 cm³/mol. The van der Waals surface area contributed by atoms with E-state index in [9.17, 15) is 4.79 Å². The Balaban J connectivity index is 1.79. The highest BCUT2D eigenvalue weighted by atomic mass is 35.5. The van der Waals surface area contributed by atoms with E-state index in [1.807, 2.05) is 24.0 Å². The number of ether oxygens (including phenoxy) is 1. The highest BCUT2D eigenvalue weighted by Gasteiger charge is 2.22. The molecule has 0 unspecified atom stereocenters. The Bertz CT molecular complexity index is 511. The summed E-state index contributed by atoms with van der Waals surface area (Å²) >= 11 is 5.96. The van der Waals surface area contributed by atoms with E-state index in [2.05, 4.69) is 6.58 Å². The van der Waals surface area contributed by atoms with Crippen LogP contribution in [0.15, 0.2) is 30.9 Å². The van der Waals surface area contributed by atoms with Crippen LogP contribution >= 0.6 is 11.6 Å². The largest absolute Gasteiger partial charge is 0.484 e. The van der Waals surface area contributed by atoms with Gasteiger partial charge in [0.25, 0.3) is 5.91 Å². The first-order valence-corrected chi connectivity index (χ1v) is 7.59. The van der Waals surface area contributed by atoms with Gasteiger partial charge in [-0.1, -0.05) is 18.2 Å². The molecule has 1 aromatic carbocycles. The number of hydrogen-bond donors (Lipinski definition) is 1. The second-order valence-electron chi connectivity index (χ2n) is 5.32. The van der Waals surface area contributed by atoms with Gasteiger partial charge in [0.05, 0.1) is 32.7 Å². The zero-order chi connectivity index (χ0) is 15.2. The normalized spacial score (nSPS) is 15.8. The van der Waals surface area contributed by atoms with E-state index in [-0.39, 0.29) is 12.5 Å². The molecule has 5 heteroatoms. The van der Waals surface area contributed by atoms with Crippen LogP contribution in [-0.4, -0.2) is 50.1 Å². The molecule has 1 saturated heterocycles. The fourth-order valence-electron chi connectivity index (χ4n) is 2.42. The highest BCUT2D eigenvalue weighted by Crippen LogP contribution is 2.20. The molecule has 0 atom stereocenters. The topological polar surface area (TPSA) is 34.0 Å². The van der Waals surface area contributed by atoms with Crippen molar-refractivity contribution < 1.29 is 14.4 Å². The number of carbonyl (C=O) groups excluding carboxylic acids is 1. The Labute approximate surface area is 130 Å². The zero-order valence-corrected chi connectivity index (χ0v) is 13.2. The van der Waals surface area contributed by atoms with Crippen molar-refractivity contribution in [2.45, 2.75) is 6.92 Å². The Morgan fingerprint density at radius 1 is 1.48 bits per heavy atom. The molecule has 0 saturated carbocycles. The lowest BCUT2D eigenvalue weighted by molar-refractivity contribution is -0.898. The highest BCUT2D eigenvalue weighted by molar-refractivity contribution is 6.31. The zero-order valence-electron chi connectivity index (χ0n) is 12.4. The lowest BCUT2D eigenvalue weighted by atomic mass is 10.2. The Morgan fingerprint density at radius 2 is 2.19 bits per heavy atom. The van der Waals surface area contributed by atoms with Crippen molar-refractivity contribution in [3.8, 4) is 5.75 Å². The molecule has 1 N–H and O–H groups in total. The molecule has 1 fully saturated rings. The SMILES string of the molecule is C=CC[NH+]1CCN(C(=O)COc2ccc(Cl)c(C)c2)CC1. The molecule has 114 valence electrons. The molecule has 1 heterocycles. The molecular formula is C16H22ClN2O2+. The van der Waals surface area contributed by atoms with Gasteiger partial charge in [-0.3, -0.25) is 4.79 Å². The third-order valence-corrected chi connectivity index (χ3v) is 4.17. The number of amides is 1. The van der Waals surface area contributed by atoms with Crippen LogP contribution in [0.1, 0.15) is 5.56 Å². The average molecular weight is 310 g/mol. The van der Waals surface area contributed by atoms with Gasteiger partial charge in [0.15, 0.2) is 6.61 Å². The summed E-state index contributed by atoms with van der Waals surface area (Å²) in [6.07, 6.45) is 1.93. The Kier molecular flexibility index (Phi) is 5.65.